The summed E-state index contributed by atoms with van der Waals surface area (Å²) in [5.41, 5.74) is 0. The summed E-state index contributed by atoms with van der Waals surface area (Å²) in [6.45, 7) is 3.83. The number of allylic oxidation sites excluding steroid dienone is 1. The van der Waals surface area contributed by atoms with E-state index >= 15 is 0 Å². The van der Waals surface area contributed by atoms with Crippen LogP contribution in [0.15, 0.2) is 12.2 Å². The van der Waals surface area contributed by atoms with E-state index in [0.717, 1.165) is 44.9 Å². The van der Waals surface area contributed by atoms with Gasteiger partial charge < -0.3 is 40.8 Å². The number of phosphoric ester groups is 1. The average molecular weight is 836 g/mol. The minimum absolute atomic E-state index is 0.218. The summed E-state index contributed by atoms with van der Waals surface area (Å²) >= 11 is 0. The number of phosphoric acid groups is 1. The van der Waals surface area contributed by atoms with Crippen LogP contribution in [0.3, 0.4) is 0 Å². The predicted octanol–water partition coefficient (Wildman–Crippen LogP) is 8.45. The first-order valence-electron chi connectivity index (χ1n) is 23.1. The molecule has 1 aliphatic rings. The summed E-state index contributed by atoms with van der Waals surface area (Å²) in [6.07, 6.45) is 25.7. The van der Waals surface area contributed by atoms with E-state index in [1.807, 2.05) is 6.08 Å². The normalized spacial score (nSPS) is 23.5. The van der Waals surface area contributed by atoms with Crippen molar-refractivity contribution in [2.24, 2.45) is 0 Å². The number of hydrogen-bond acceptors (Lipinski definition) is 10. The lowest BCUT2D eigenvalue weighted by Gasteiger charge is -2.41. The Hall–Kier alpha value is -0.920. The molecule has 6 unspecified atom stereocenters. The summed E-state index contributed by atoms with van der Waals surface area (Å²) in [5.74, 6) is -0.339. The lowest BCUT2D eigenvalue weighted by molar-refractivity contribution is -0.220. The summed E-state index contributed by atoms with van der Waals surface area (Å²) in [5, 5.41) is 63.9. The molecule has 1 saturated carbocycles. The van der Waals surface area contributed by atoms with Crippen molar-refractivity contribution in [1.29, 1.82) is 0 Å². The number of aliphatic hydroxyl groups excluding tert-OH is 6. The standard InChI is InChI=1S/C44H86NO11P/c1-3-5-7-9-11-13-15-17-18-19-20-21-22-24-26-28-30-32-34-38(47)45-36(37(46)33-31-29-27-25-23-16-14-12-10-8-6-4-2)35-55-57(53,54)56-44-42(51)40(49)39(48)41(50)43(44)52/h31,33,36-37,39-44,46,48-52H,3-30,32,34-35H2,1-2H3,(H,45,47)(H,53,54)/b33-31+/t36-,37+,39?,40+,41?,42?,43?,44?/m0/s1. The van der Waals surface area contributed by atoms with Crippen LogP contribution in [0.25, 0.3) is 0 Å². The lowest BCUT2D eigenvalue weighted by atomic mass is 9.85. The third kappa shape index (κ3) is 26.8. The molecular formula is C44H86NO11P. The fourth-order valence-corrected chi connectivity index (χ4v) is 8.46. The van der Waals surface area contributed by atoms with Crippen molar-refractivity contribution in [2.45, 2.75) is 255 Å². The van der Waals surface area contributed by atoms with Gasteiger partial charge in [0.2, 0.25) is 5.91 Å². The van der Waals surface area contributed by atoms with Crippen molar-refractivity contribution in [3.63, 3.8) is 0 Å². The van der Waals surface area contributed by atoms with E-state index in [1.165, 1.54) is 141 Å². The second-order valence-corrected chi connectivity index (χ2v) is 18.0. The smallest absolute Gasteiger partial charge is 0.387 e. The number of carbonyl (C=O) groups is 1. The van der Waals surface area contributed by atoms with Crippen LogP contribution in [0.4, 0.5) is 0 Å². The number of nitrogens with one attached hydrogen (secondary N) is 1. The Morgan fingerprint density at radius 3 is 1.33 bits per heavy atom. The Kier molecular flexibility index (Phi) is 33.0. The molecule has 0 aromatic heterocycles. The van der Waals surface area contributed by atoms with Gasteiger partial charge in [-0.25, -0.2) is 4.57 Å². The van der Waals surface area contributed by atoms with Gasteiger partial charge in [0.15, 0.2) is 0 Å². The third-order valence-corrected chi connectivity index (χ3v) is 12.3. The van der Waals surface area contributed by atoms with Crippen LogP contribution in [0.5, 0.6) is 0 Å². The molecule has 13 heteroatoms. The third-order valence-electron chi connectivity index (χ3n) is 11.3. The van der Waals surface area contributed by atoms with Gasteiger partial charge in [-0.05, 0) is 19.3 Å². The highest BCUT2D eigenvalue weighted by Gasteiger charge is 2.51. The van der Waals surface area contributed by atoms with Gasteiger partial charge in [-0.3, -0.25) is 13.8 Å². The highest BCUT2D eigenvalue weighted by Crippen LogP contribution is 2.47. The van der Waals surface area contributed by atoms with Crippen LogP contribution in [-0.2, 0) is 18.4 Å². The zero-order valence-electron chi connectivity index (χ0n) is 35.9. The molecule has 9 atom stereocenters. The van der Waals surface area contributed by atoms with Crippen LogP contribution < -0.4 is 5.32 Å². The van der Waals surface area contributed by atoms with E-state index in [-0.39, 0.29) is 12.3 Å². The van der Waals surface area contributed by atoms with E-state index in [4.69, 9.17) is 9.05 Å². The summed E-state index contributed by atoms with van der Waals surface area (Å²) in [7, 11) is -5.07. The molecule has 0 radical (unpaired) electrons. The van der Waals surface area contributed by atoms with Crippen molar-refractivity contribution in [1.82, 2.24) is 5.32 Å². The Morgan fingerprint density at radius 1 is 0.579 bits per heavy atom. The van der Waals surface area contributed by atoms with Crippen LogP contribution in [0, 0.1) is 0 Å². The number of carbonyl (C=O) groups excluding carboxylic acids is 1. The van der Waals surface area contributed by atoms with Crippen molar-refractivity contribution >= 4 is 13.7 Å². The van der Waals surface area contributed by atoms with Gasteiger partial charge in [-0.15, -0.1) is 0 Å². The number of hydrogen-bond donors (Lipinski definition) is 8. The monoisotopic (exact) mass is 836 g/mol. The highest BCUT2D eigenvalue weighted by atomic mass is 31.2. The number of aliphatic hydroxyl groups is 6. The Labute approximate surface area is 346 Å². The first kappa shape index (κ1) is 54.1. The number of amides is 1. The first-order valence-corrected chi connectivity index (χ1v) is 24.6. The van der Waals surface area contributed by atoms with E-state index < -0.39 is 63.2 Å². The van der Waals surface area contributed by atoms with Gasteiger partial charge in [0.05, 0.1) is 18.8 Å². The molecule has 0 saturated heterocycles. The molecule has 0 aromatic rings. The molecule has 338 valence electrons. The molecule has 57 heavy (non-hydrogen) atoms. The fourth-order valence-electron chi connectivity index (χ4n) is 7.49. The Balaban J connectivity index is 2.46. The molecule has 1 aliphatic carbocycles. The minimum Gasteiger partial charge on any atom is -0.387 e. The molecule has 8 N–H and O–H groups in total. The van der Waals surface area contributed by atoms with Crippen LogP contribution in [0.1, 0.15) is 206 Å². The molecule has 0 aromatic carbocycles. The zero-order chi connectivity index (χ0) is 42.2. The molecule has 1 rings (SSSR count). The summed E-state index contributed by atoms with van der Waals surface area (Å²) in [6, 6.07) is -1.11. The Morgan fingerprint density at radius 2 is 0.930 bits per heavy atom. The van der Waals surface area contributed by atoms with Crippen molar-refractivity contribution in [3.05, 3.63) is 12.2 Å². The molecule has 1 fully saturated rings. The molecule has 0 aliphatic heterocycles. The number of rotatable bonds is 38. The Bertz CT molecular complexity index is 1020. The molecule has 0 bridgehead atoms. The van der Waals surface area contributed by atoms with E-state index in [1.54, 1.807) is 0 Å². The summed E-state index contributed by atoms with van der Waals surface area (Å²) in [4.78, 5) is 23.3. The molecule has 0 heterocycles. The van der Waals surface area contributed by atoms with Crippen LogP contribution >= 0.6 is 7.82 Å². The van der Waals surface area contributed by atoms with Gasteiger partial charge in [-0.1, -0.05) is 193 Å². The minimum atomic E-state index is -5.07. The van der Waals surface area contributed by atoms with Gasteiger partial charge in [0.25, 0.3) is 0 Å². The second kappa shape index (κ2) is 34.8. The maximum atomic E-state index is 12.9. The molecule has 1 amide bonds. The van der Waals surface area contributed by atoms with Crippen molar-refractivity contribution in [3.8, 4) is 0 Å². The quantitative estimate of drug-likeness (QED) is 0.0168. The highest BCUT2D eigenvalue weighted by molar-refractivity contribution is 7.47. The van der Waals surface area contributed by atoms with Crippen molar-refractivity contribution in [2.75, 3.05) is 6.61 Å². The van der Waals surface area contributed by atoms with Crippen LogP contribution in [0.2, 0.25) is 0 Å². The maximum absolute atomic E-state index is 12.9. The van der Waals surface area contributed by atoms with Crippen molar-refractivity contribution < 1.29 is 53.9 Å². The predicted molar refractivity (Wildman–Crippen MR) is 228 cm³/mol. The second-order valence-electron chi connectivity index (χ2n) is 16.6. The van der Waals surface area contributed by atoms with Gasteiger partial charge >= 0.3 is 7.82 Å². The van der Waals surface area contributed by atoms with Crippen LogP contribution in [-0.4, -0.2) is 96.8 Å². The average Bonchev–Trinajstić information content (AvgIpc) is 3.19. The van der Waals surface area contributed by atoms with E-state index in [0.29, 0.717) is 6.42 Å². The van der Waals surface area contributed by atoms with Gasteiger partial charge in [0.1, 0.15) is 36.6 Å². The number of unbranched alkanes of at least 4 members (excludes halogenated alkanes) is 27. The topological polar surface area (TPSA) is 206 Å². The maximum Gasteiger partial charge on any atom is 0.472 e. The molecule has 0 spiro atoms. The van der Waals surface area contributed by atoms with Gasteiger partial charge in [0, 0.05) is 6.42 Å². The first-order chi connectivity index (χ1) is 27.4. The zero-order valence-corrected chi connectivity index (χ0v) is 36.8. The molecular weight excluding hydrogens is 749 g/mol. The fraction of sp³-hybridized carbons (Fsp3) is 0.932. The molecule has 12 nitrogen and oxygen atoms in total. The SMILES string of the molecule is CCCCCCCCCCCC/C=C/[C@@H](O)[C@H](COP(=O)(O)OC1C(O)C(O)C(O)[C@@H](O)C1O)NC(=O)CCCCCCCCCCCCCCCCCCCC. The lowest BCUT2D eigenvalue weighted by Crippen LogP contribution is -2.64. The largest absolute Gasteiger partial charge is 0.472 e. The van der Waals surface area contributed by atoms with E-state index in [2.05, 4.69) is 19.2 Å². The summed E-state index contributed by atoms with van der Waals surface area (Å²) < 4.78 is 22.9. The van der Waals surface area contributed by atoms with E-state index in [9.17, 15) is 44.9 Å². The van der Waals surface area contributed by atoms with Gasteiger partial charge in [-0.2, -0.15) is 0 Å².